The zero-order valence-corrected chi connectivity index (χ0v) is 15.8. The molecule has 0 radical (unpaired) electrons. The van der Waals surface area contributed by atoms with Crippen LogP contribution in [0.15, 0.2) is 58.3 Å². The molecule has 0 unspecified atom stereocenters. The van der Waals surface area contributed by atoms with Crippen LogP contribution in [0, 0.1) is 0 Å². The molecular formula is C16H20N2O7S2. The number of rotatable bonds is 4. The van der Waals surface area contributed by atoms with Crippen LogP contribution in [0.5, 0.6) is 11.5 Å². The molecule has 0 aromatic heterocycles. The predicted molar refractivity (Wildman–Crippen MR) is 97.9 cm³/mol. The maximum atomic E-state index is 12.0. The Kier molecular flexibility index (Phi) is 7.16. The summed E-state index contributed by atoms with van der Waals surface area (Å²) in [6.07, 6.45) is 0. The van der Waals surface area contributed by atoms with Crippen molar-refractivity contribution in [3.63, 3.8) is 0 Å². The molecule has 0 aliphatic carbocycles. The number of benzene rings is 2. The number of hydrogen-bond donors (Lipinski definition) is 4. The Morgan fingerprint density at radius 2 is 1.41 bits per heavy atom. The Bertz CT molecular complexity index is 946. The maximum Gasteiger partial charge on any atom is 0.339 e. The van der Waals surface area contributed by atoms with Crippen molar-refractivity contribution >= 4 is 20.2 Å². The van der Waals surface area contributed by atoms with E-state index >= 15 is 0 Å². The predicted octanol–water partition coefficient (Wildman–Crippen LogP) is 0.586. The molecule has 0 saturated carbocycles. The topological polar surface area (TPSA) is 142 Å². The lowest BCUT2D eigenvalue weighted by atomic mass is 10.3. The zero-order chi connectivity index (χ0) is 19.9. The summed E-state index contributed by atoms with van der Waals surface area (Å²) in [5.74, 6) is -1.08. The lowest BCUT2D eigenvalue weighted by Gasteiger charge is -2.11. The molecule has 0 spiro atoms. The van der Waals surface area contributed by atoms with Crippen LogP contribution in [-0.2, 0) is 20.2 Å². The molecule has 1 heterocycles. The van der Waals surface area contributed by atoms with E-state index in [4.69, 9.17) is 8.74 Å². The van der Waals surface area contributed by atoms with Gasteiger partial charge in [0.2, 0.25) is 0 Å². The Morgan fingerprint density at radius 3 is 1.89 bits per heavy atom. The summed E-state index contributed by atoms with van der Waals surface area (Å²) in [5, 5.41) is 15.8. The molecule has 2 aromatic rings. The van der Waals surface area contributed by atoms with E-state index in [0.717, 1.165) is 38.3 Å². The zero-order valence-electron chi connectivity index (χ0n) is 14.2. The Labute approximate surface area is 157 Å². The largest absolute Gasteiger partial charge is 0.506 e. The first kappa shape index (κ1) is 21.1. The molecule has 0 amide bonds. The van der Waals surface area contributed by atoms with Crippen molar-refractivity contribution < 1.29 is 30.7 Å². The highest BCUT2D eigenvalue weighted by Crippen LogP contribution is 2.28. The van der Waals surface area contributed by atoms with Crippen molar-refractivity contribution in [2.24, 2.45) is 0 Å². The van der Waals surface area contributed by atoms with Crippen LogP contribution in [-0.4, -0.2) is 52.7 Å². The average Bonchev–Trinajstić information content (AvgIpc) is 2.65. The van der Waals surface area contributed by atoms with Gasteiger partial charge in [0.25, 0.3) is 10.1 Å². The highest BCUT2D eigenvalue weighted by molar-refractivity contribution is 7.87. The molecule has 1 aliphatic rings. The van der Waals surface area contributed by atoms with Gasteiger partial charge in [-0.05, 0) is 24.3 Å². The molecule has 1 saturated heterocycles. The number of nitrogens with one attached hydrogen (secondary N) is 2. The number of aromatic hydroxyl groups is 1. The highest BCUT2D eigenvalue weighted by Gasteiger charge is 2.20. The molecule has 3 rings (SSSR count). The molecule has 27 heavy (non-hydrogen) atoms. The number of phenols is 1. The van der Waals surface area contributed by atoms with Gasteiger partial charge in [0.1, 0.15) is 21.3 Å². The molecule has 0 bridgehead atoms. The van der Waals surface area contributed by atoms with Crippen molar-refractivity contribution in [3.05, 3.63) is 48.5 Å². The van der Waals surface area contributed by atoms with Crippen LogP contribution in [0.4, 0.5) is 0 Å². The number of piperazine rings is 1. The standard InChI is InChI=1S/C12H10O7S2.C4H10N2/c13-11-7-6-9(8-12(11)20(14,15)16)19-21(17,18)10-4-2-1-3-5-10;1-2-6-4-3-5-1/h1-8,13H,(H,14,15,16);5-6H,1-4H2. The summed E-state index contributed by atoms with van der Waals surface area (Å²) in [6.45, 7) is 4.56. The highest BCUT2D eigenvalue weighted by atomic mass is 32.2. The van der Waals surface area contributed by atoms with E-state index in [2.05, 4.69) is 10.6 Å². The summed E-state index contributed by atoms with van der Waals surface area (Å²) in [5.41, 5.74) is 0. The molecule has 2 aromatic carbocycles. The van der Waals surface area contributed by atoms with Gasteiger partial charge in [-0.2, -0.15) is 16.8 Å². The van der Waals surface area contributed by atoms with Gasteiger partial charge in [-0.25, -0.2) is 0 Å². The van der Waals surface area contributed by atoms with Gasteiger partial charge >= 0.3 is 10.1 Å². The maximum absolute atomic E-state index is 12.0. The normalized spacial score (nSPS) is 14.7. The van der Waals surface area contributed by atoms with Crippen molar-refractivity contribution in [1.29, 1.82) is 0 Å². The van der Waals surface area contributed by atoms with Gasteiger partial charge in [-0.1, -0.05) is 18.2 Å². The molecule has 1 aliphatic heterocycles. The minimum Gasteiger partial charge on any atom is -0.506 e. The third kappa shape index (κ3) is 6.48. The summed E-state index contributed by atoms with van der Waals surface area (Å²) in [6, 6.07) is 9.90. The fourth-order valence-electron chi connectivity index (χ4n) is 2.12. The van der Waals surface area contributed by atoms with Gasteiger partial charge < -0.3 is 19.9 Å². The fourth-order valence-corrected chi connectivity index (χ4v) is 3.66. The van der Waals surface area contributed by atoms with E-state index in [-0.39, 0.29) is 10.6 Å². The van der Waals surface area contributed by atoms with Crippen molar-refractivity contribution in [2.45, 2.75) is 9.79 Å². The fraction of sp³-hybridized carbons (Fsp3) is 0.250. The van der Waals surface area contributed by atoms with E-state index in [1.54, 1.807) is 6.07 Å². The van der Waals surface area contributed by atoms with Crippen molar-refractivity contribution in [1.82, 2.24) is 10.6 Å². The molecule has 0 atom stereocenters. The smallest absolute Gasteiger partial charge is 0.339 e. The van der Waals surface area contributed by atoms with E-state index in [1.807, 2.05) is 0 Å². The first-order valence-corrected chi connectivity index (χ1v) is 10.8. The molecule has 9 nitrogen and oxygen atoms in total. The summed E-state index contributed by atoms with van der Waals surface area (Å²) in [7, 11) is -8.85. The van der Waals surface area contributed by atoms with E-state index in [9.17, 15) is 21.9 Å². The first-order chi connectivity index (χ1) is 12.7. The van der Waals surface area contributed by atoms with E-state index in [0.29, 0.717) is 6.07 Å². The lowest BCUT2D eigenvalue weighted by molar-refractivity contribution is 0.438. The third-order valence-corrected chi connectivity index (χ3v) is 5.55. The van der Waals surface area contributed by atoms with Crippen LogP contribution in [0.1, 0.15) is 0 Å². The molecule has 148 valence electrons. The third-order valence-electron chi connectivity index (χ3n) is 3.40. The van der Waals surface area contributed by atoms with Gasteiger partial charge in [0.05, 0.1) is 0 Å². The van der Waals surface area contributed by atoms with Gasteiger partial charge in [-0.15, -0.1) is 0 Å². The summed E-state index contributed by atoms with van der Waals surface area (Å²) >= 11 is 0. The molecule has 4 N–H and O–H groups in total. The summed E-state index contributed by atoms with van der Waals surface area (Å²) in [4.78, 5) is -0.963. The monoisotopic (exact) mass is 416 g/mol. The molecule has 11 heteroatoms. The molecular weight excluding hydrogens is 396 g/mol. The average molecular weight is 416 g/mol. The second-order valence-electron chi connectivity index (χ2n) is 5.46. The van der Waals surface area contributed by atoms with Gasteiger partial charge in [-0.3, -0.25) is 4.55 Å². The van der Waals surface area contributed by atoms with Crippen LogP contribution >= 0.6 is 0 Å². The van der Waals surface area contributed by atoms with Gasteiger partial charge in [0.15, 0.2) is 0 Å². The minimum atomic E-state index is -4.70. The van der Waals surface area contributed by atoms with E-state index < -0.39 is 30.9 Å². The lowest BCUT2D eigenvalue weighted by Crippen LogP contribution is -2.39. The van der Waals surface area contributed by atoms with Crippen LogP contribution < -0.4 is 14.8 Å². The number of phenolic OH excluding ortho intramolecular Hbond substituents is 1. The second-order valence-corrected chi connectivity index (χ2v) is 8.39. The van der Waals surface area contributed by atoms with Crippen LogP contribution in [0.25, 0.3) is 0 Å². The van der Waals surface area contributed by atoms with Crippen molar-refractivity contribution in [3.8, 4) is 11.5 Å². The minimum absolute atomic E-state index is 0.119. The van der Waals surface area contributed by atoms with Crippen molar-refractivity contribution in [2.75, 3.05) is 26.2 Å². The SMILES string of the molecule is C1CNCCN1.O=S(=O)(O)c1cc(OS(=O)(=O)c2ccccc2)ccc1O. The molecule has 1 fully saturated rings. The summed E-state index contributed by atoms with van der Waals surface area (Å²) < 4.78 is 59.6. The van der Waals surface area contributed by atoms with Gasteiger partial charge in [0, 0.05) is 32.2 Å². The first-order valence-electron chi connectivity index (χ1n) is 7.91. The quantitative estimate of drug-likeness (QED) is 0.416. The van der Waals surface area contributed by atoms with Crippen LogP contribution in [0.3, 0.4) is 0 Å². The Morgan fingerprint density at radius 1 is 0.852 bits per heavy atom. The second kappa shape index (κ2) is 9.15. The number of hydrogen-bond acceptors (Lipinski definition) is 8. The van der Waals surface area contributed by atoms with Crippen LogP contribution in [0.2, 0.25) is 0 Å². The Balaban J connectivity index is 0.000000369. The Hall–Kier alpha value is -2.18. The van der Waals surface area contributed by atoms with E-state index in [1.165, 1.54) is 24.3 Å².